The number of thioether (sulfide) groups is 1. The van der Waals surface area contributed by atoms with Crippen LogP contribution in [0.15, 0.2) is 46.2 Å². The van der Waals surface area contributed by atoms with Gasteiger partial charge in [-0.15, -0.1) is 11.8 Å². The van der Waals surface area contributed by atoms with Crippen LogP contribution in [-0.4, -0.2) is 20.7 Å². The highest BCUT2D eigenvalue weighted by atomic mass is 35.5. The summed E-state index contributed by atoms with van der Waals surface area (Å²) in [4.78, 5) is -0.0163. The van der Waals surface area contributed by atoms with E-state index < -0.39 is 31.7 Å². The van der Waals surface area contributed by atoms with Gasteiger partial charge in [-0.05, 0) is 36.4 Å². The van der Waals surface area contributed by atoms with Gasteiger partial charge in [0.1, 0.15) is 0 Å². The van der Waals surface area contributed by atoms with Gasteiger partial charge in [-0.25, -0.2) is 8.42 Å². The molecule has 0 radical (unpaired) electrons. The Morgan fingerprint density at radius 2 is 1.75 bits per heavy atom. The van der Waals surface area contributed by atoms with Crippen molar-refractivity contribution in [2.24, 2.45) is 5.73 Å². The van der Waals surface area contributed by atoms with E-state index >= 15 is 0 Å². The largest absolute Gasteiger partial charge is 0.417 e. The molecule has 0 aliphatic carbocycles. The highest BCUT2D eigenvalue weighted by molar-refractivity contribution is 7.99. The third-order valence-electron chi connectivity index (χ3n) is 3.11. The summed E-state index contributed by atoms with van der Waals surface area (Å²) in [6.07, 6.45) is -4.78. The predicted molar refractivity (Wildman–Crippen MR) is 110 cm³/mol. The molecule has 0 heterocycles. The van der Waals surface area contributed by atoms with Crippen LogP contribution < -0.4 is 10.5 Å². The fourth-order valence-electron chi connectivity index (χ4n) is 1.97. The van der Waals surface area contributed by atoms with Gasteiger partial charge in [0.25, 0.3) is 10.0 Å². The van der Waals surface area contributed by atoms with Crippen LogP contribution in [0.4, 0.5) is 18.9 Å². The van der Waals surface area contributed by atoms with Gasteiger partial charge in [0.15, 0.2) is 0 Å². The van der Waals surface area contributed by atoms with Crippen molar-refractivity contribution < 1.29 is 21.6 Å². The van der Waals surface area contributed by atoms with Gasteiger partial charge in [0, 0.05) is 22.2 Å². The van der Waals surface area contributed by atoms with E-state index in [2.05, 4.69) is 4.72 Å². The Bertz CT molecular complexity index is 908. The molecule has 0 saturated heterocycles. The van der Waals surface area contributed by atoms with Crippen molar-refractivity contribution in [2.75, 3.05) is 17.0 Å². The number of alkyl halides is 3. The zero-order valence-electron chi connectivity index (χ0n) is 15.0. The van der Waals surface area contributed by atoms with E-state index in [0.29, 0.717) is 23.3 Å². The minimum atomic E-state index is -4.78. The first-order chi connectivity index (χ1) is 13.0. The second-order valence-electron chi connectivity index (χ2n) is 5.02. The van der Waals surface area contributed by atoms with Crippen LogP contribution in [0.25, 0.3) is 0 Å². The number of rotatable bonds is 6. The number of benzene rings is 2. The second-order valence-corrected chi connectivity index (χ2v) is 8.69. The molecule has 2 aromatic rings. The van der Waals surface area contributed by atoms with E-state index in [1.165, 1.54) is 17.8 Å². The van der Waals surface area contributed by atoms with Gasteiger partial charge in [-0.1, -0.05) is 37.0 Å². The normalized spacial score (nSPS) is 11.6. The Labute approximate surface area is 176 Å². The van der Waals surface area contributed by atoms with Gasteiger partial charge >= 0.3 is 6.18 Å². The summed E-state index contributed by atoms with van der Waals surface area (Å²) in [5, 5.41) is -0.315. The summed E-state index contributed by atoms with van der Waals surface area (Å²) in [6, 6.07) is 6.92. The molecule has 0 fully saturated rings. The Kier molecular flexibility index (Phi) is 9.42. The van der Waals surface area contributed by atoms with Crippen LogP contribution in [-0.2, 0) is 16.2 Å². The number of hydrogen-bond donors (Lipinski definition) is 2. The molecule has 2 aromatic carbocycles. The van der Waals surface area contributed by atoms with Gasteiger partial charge in [0.2, 0.25) is 0 Å². The summed E-state index contributed by atoms with van der Waals surface area (Å²) < 4.78 is 66.2. The zero-order chi connectivity index (χ0) is 21.5. The van der Waals surface area contributed by atoms with Gasteiger partial charge in [-0.3, -0.25) is 4.72 Å². The Balaban J connectivity index is 0.00000190. The molecule has 2 rings (SSSR count). The molecule has 0 unspecified atom stereocenters. The lowest BCUT2D eigenvalue weighted by Crippen LogP contribution is -2.15. The average molecular weight is 475 g/mol. The maximum Gasteiger partial charge on any atom is 0.417 e. The van der Waals surface area contributed by atoms with Crippen LogP contribution in [0, 0.1) is 0 Å². The molecule has 0 spiro atoms. The number of sulfonamides is 1. The maximum absolute atomic E-state index is 13.0. The van der Waals surface area contributed by atoms with Crippen molar-refractivity contribution in [3.63, 3.8) is 0 Å². The highest BCUT2D eigenvalue weighted by Crippen LogP contribution is 2.37. The van der Waals surface area contributed by atoms with E-state index in [1.54, 1.807) is 12.1 Å². The first-order valence-corrected chi connectivity index (χ1v) is 11.3. The molecule has 4 nitrogen and oxygen atoms in total. The monoisotopic (exact) mass is 474 g/mol. The van der Waals surface area contributed by atoms with Crippen LogP contribution in [0.3, 0.4) is 0 Å². The van der Waals surface area contributed by atoms with Crippen molar-refractivity contribution in [3.05, 3.63) is 52.0 Å². The van der Waals surface area contributed by atoms with Crippen LogP contribution >= 0.6 is 35.0 Å². The second kappa shape index (κ2) is 10.6. The predicted octanol–water partition coefficient (Wildman–Crippen LogP) is 5.89. The zero-order valence-corrected chi connectivity index (χ0v) is 18.1. The molecule has 0 aromatic heterocycles. The van der Waals surface area contributed by atoms with Crippen molar-refractivity contribution in [3.8, 4) is 0 Å². The van der Waals surface area contributed by atoms with E-state index in [0.717, 1.165) is 12.1 Å². The number of anilines is 1. The Hall–Kier alpha value is -1.13. The van der Waals surface area contributed by atoms with Crippen LogP contribution in [0.5, 0.6) is 0 Å². The Morgan fingerprint density at radius 3 is 2.32 bits per heavy atom. The molecule has 0 aliphatic rings. The number of halogens is 5. The van der Waals surface area contributed by atoms with Crippen molar-refractivity contribution in [2.45, 2.75) is 29.8 Å². The maximum atomic E-state index is 13.0. The summed E-state index contributed by atoms with van der Waals surface area (Å²) in [5.41, 5.74) is 4.36. The number of nitrogens with one attached hydrogen (secondary N) is 1. The lowest BCUT2D eigenvalue weighted by molar-refractivity contribution is -0.137. The fraction of sp³-hybridized carbons (Fsp3) is 0.294. The van der Waals surface area contributed by atoms with Crippen molar-refractivity contribution in [1.82, 2.24) is 0 Å². The fourth-order valence-corrected chi connectivity index (χ4v) is 4.29. The first kappa shape index (κ1) is 24.9. The smallest absolute Gasteiger partial charge is 0.330 e. The first-order valence-electron chi connectivity index (χ1n) is 8.06. The molecule has 28 heavy (non-hydrogen) atoms. The molecule has 11 heteroatoms. The standard InChI is InChI=1S/C15H13Cl2F3N2O2S2.C2H6/c16-9-1-4-14(25-6-5-21)13(7-9)22-26(23,24)10-2-3-12(17)11(8-10)15(18,19)20;1-2/h1-4,7-8,22H,5-6,21H2;1-2H3. The molecular formula is C17H19Cl2F3N2O2S2. The lowest BCUT2D eigenvalue weighted by Gasteiger charge is -2.14. The minimum absolute atomic E-state index is 0.152. The van der Waals surface area contributed by atoms with Crippen molar-refractivity contribution >= 4 is 50.7 Å². The van der Waals surface area contributed by atoms with Crippen LogP contribution in [0.1, 0.15) is 19.4 Å². The minimum Gasteiger partial charge on any atom is -0.330 e. The Morgan fingerprint density at radius 1 is 1.11 bits per heavy atom. The molecule has 156 valence electrons. The van der Waals surface area contributed by atoms with Gasteiger partial charge in [-0.2, -0.15) is 13.2 Å². The number of hydrogen-bond acceptors (Lipinski definition) is 4. The number of nitrogens with two attached hydrogens (primary N) is 1. The summed E-state index contributed by atoms with van der Waals surface area (Å²) >= 11 is 12.7. The topological polar surface area (TPSA) is 72.2 Å². The molecule has 0 atom stereocenters. The van der Waals surface area contributed by atoms with Crippen molar-refractivity contribution in [1.29, 1.82) is 0 Å². The van der Waals surface area contributed by atoms with E-state index in [9.17, 15) is 21.6 Å². The van der Waals surface area contributed by atoms with Gasteiger partial charge in [0.05, 0.1) is 21.2 Å². The third-order valence-corrected chi connectivity index (χ3v) is 6.15. The highest BCUT2D eigenvalue weighted by Gasteiger charge is 2.34. The molecule has 0 aliphatic heterocycles. The lowest BCUT2D eigenvalue weighted by atomic mass is 10.2. The molecular weight excluding hydrogens is 456 g/mol. The molecule has 0 bridgehead atoms. The SMILES string of the molecule is CC.NCCSc1ccc(Cl)cc1NS(=O)(=O)c1ccc(Cl)c(C(F)(F)F)c1. The quantitative estimate of drug-likeness (QED) is 0.511. The summed E-state index contributed by atoms with van der Waals surface area (Å²) in [5.74, 6) is 0.523. The summed E-state index contributed by atoms with van der Waals surface area (Å²) in [6.45, 7) is 4.37. The molecule has 0 amide bonds. The molecule has 0 saturated carbocycles. The third kappa shape index (κ3) is 6.73. The summed E-state index contributed by atoms with van der Waals surface area (Å²) in [7, 11) is -4.29. The molecule has 3 N–H and O–H groups in total. The van der Waals surface area contributed by atoms with Crippen LogP contribution in [0.2, 0.25) is 10.0 Å². The van der Waals surface area contributed by atoms with E-state index in [-0.39, 0.29) is 10.7 Å². The van der Waals surface area contributed by atoms with E-state index in [4.69, 9.17) is 28.9 Å². The van der Waals surface area contributed by atoms with Gasteiger partial charge < -0.3 is 5.73 Å². The van der Waals surface area contributed by atoms with E-state index in [1.807, 2.05) is 13.8 Å². The average Bonchev–Trinajstić information content (AvgIpc) is 2.61.